The van der Waals surface area contributed by atoms with Gasteiger partial charge in [0.2, 0.25) is 0 Å². The molecule has 2 atom stereocenters. The average molecular weight is 224 g/mol. The van der Waals surface area contributed by atoms with Crippen LogP contribution in [0.4, 0.5) is 0 Å². The normalized spacial score (nSPS) is 13.8. The molecule has 0 radical (unpaired) electrons. The van der Waals surface area contributed by atoms with Crippen LogP contribution in [0.15, 0.2) is 0 Å². The van der Waals surface area contributed by atoms with E-state index in [-0.39, 0.29) is 12.5 Å². The number of halogens is 1. The second-order valence-corrected chi connectivity index (χ2v) is 3.48. The van der Waals surface area contributed by atoms with Gasteiger partial charge in [-0.05, 0) is 25.7 Å². The van der Waals surface area contributed by atoms with Crippen LogP contribution < -0.4 is 5.73 Å². The van der Waals surface area contributed by atoms with Gasteiger partial charge in [-0.15, -0.1) is 11.6 Å². The lowest BCUT2D eigenvalue weighted by Gasteiger charge is -2.14. The van der Waals surface area contributed by atoms with Gasteiger partial charge >= 0.3 is 5.97 Å². The van der Waals surface area contributed by atoms with E-state index in [4.69, 9.17) is 10.8 Å². The Balaban J connectivity index is 0. The van der Waals surface area contributed by atoms with E-state index >= 15 is 0 Å². The first-order chi connectivity index (χ1) is 6.54. The van der Waals surface area contributed by atoms with Gasteiger partial charge in [-0.1, -0.05) is 13.3 Å². The highest BCUT2D eigenvalue weighted by atomic mass is 35.5. The molecule has 0 bridgehead atoms. The van der Waals surface area contributed by atoms with E-state index < -0.39 is 5.97 Å². The molecule has 0 aliphatic heterocycles. The summed E-state index contributed by atoms with van der Waals surface area (Å²) in [6.45, 7) is 4.09. The molecule has 0 rings (SSSR count). The van der Waals surface area contributed by atoms with E-state index in [9.17, 15) is 4.79 Å². The van der Waals surface area contributed by atoms with Crippen molar-refractivity contribution >= 4 is 17.6 Å². The van der Waals surface area contributed by atoms with Gasteiger partial charge in [-0.2, -0.15) is 0 Å². The van der Waals surface area contributed by atoms with Gasteiger partial charge in [0.1, 0.15) is 0 Å². The highest BCUT2D eigenvalue weighted by Gasteiger charge is 2.06. The van der Waals surface area contributed by atoms with Gasteiger partial charge in [0.15, 0.2) is 0 Å². The predicted octanol–water partition coefficient (Wildman–Crippen LogP) is 2.47. The molecular formula is C10H22ClNO2. The third-order valence-corrected chi connectivity index (χ3v) is 2.20. The minimum absolute atomic E-state index is 0.217. The van der Waals surface area contributed by atoms with Crippen molar-refractivity contribution in [3.05, 3.63) is 0 Å². The molecule has 4 heteroatoms. The Labute approximate surface area is 91.6 Å². The molecular weight excluding hydrogens is 202 g/mol. The van der Waals surface area contributed by atoms with Crippen LogP contribution in [0.1, 0.15) is 39.5 Å². The molecule has 0 aliphatic carbocycles. The monoisotopic (exact) mass is 223 g/mol. The summed E-state index contributed by atoms with van der Waals surface area (Å²) in [6, 6.07) is 0.217. The molecule has 0 aromatic rings. The Morgan fingerprint density at radius 3 is 2.21 bits per heavy atom. The van der Waals surface area contributed by atoms with Crippen molar-refractivity contribution in [2.24, 2.45) is 11.7 Å². The third-order valence-electron chi connectivity index (χ3n) is 2.20. The van der Waals surface area contributed by atoms with E-state index in [2.05, 4.69) is 18.5 Å². The minimum Gasteiger partial charge on any atom is -0.481 e. The maximum atomic E-state index is 10.2. The maximum absolute atomic E-state index is 10.2. The zero-order valence-electron chi connectivity index (χ0n) is 9.29. The molecule has 0 aliphatic rings. The number of hydrogen-bond acceptors (Lipinski definition) is 2. The summed E-state index contributed by atoms with van der Waals surface area (Å²) in [5.74, 6) is -0.206. The van der Waals surface area contributed by atoms with Crippen molar-refractivity contribution in [1.29, 1.82) is 0 Å². The number of hydrogen-bond donors (Lipinski definition) is 2. The van der Waals surface area contributed by atoms with Crippen LogP contribution in [0.2, 0.25) is 0 Å². The predicted molar refractivity (Wildman–Crippen MR) is 60.7 cm³/mol. The minimum atomic E-state index is -0.705. The number of alkyl halides is 1. The Bertz CT molecular complexity index is 140. The smallest absolute Gasteiger partial charge is 0.303 e. The molecule has 0 saturated carbocycles. The summed E-state index contributed by atoms with van der Waals surface area (Å²) in [5.41, 5.74) is 5.66. The number of unbranched alkanes of at least 4 members (excludes halogenated alkanes) is 1. The topological polar surface area (TPSA) is 63.3 Å². The lowest BCUT2D eigenvalue weighted by Crippen LogP contribution is -2.23. The van der Waals surface area contributed by atoms with Crippen LogP contribution >= 0.6 is 11.6 Å². The molecule has 0 fully saturated rings. The van der Waals surface area contributed by atoms with Crippen LogP contribution in [-0.2, 0) is 4.79 Å². The summed E-state index contributed by atoms with van der Waals surface area (Å²) in [4.78, 5) is 10.2. The van der Waals surface area contributed by atoms with Crippen molar-refractivity contribution in [2.45, 2.75) is 45.6 Å². The lowest BCUT2D eigenvalue weighted by molar-refractivity contribution is -0.137. The van der Waals surface area contributed by atoms with Gasteiger partial charge in [-0.3, -0.25) is 4.79 Å². The van der Waals surface area contributed by atoms with Crippen LogP contribution in [0, 0.1) is 5.92 Å². The first-order valence-corrected chi connectivity index (χ1v) is 5.64. The van der Waals surface area contributed by atoms with Crippen LogP contribution in [0.25, 0.3) is 0 Å². The van der Waals surface area contributed by atoms with Gasteiger partial charge < -0.3 is 10.8 Å². The lowest BCUT2D eigenvalue weighted by atomic mass is 9.97. The van der Waals surface area contributed by atoms with Crippen LogP contribution in [-0.4, -0.2) is 23.5 Å². The summed E-state index contributed by atoms with van der Waals surface area (Å²) in [5, 5.41) is 8.36. The maximum Gasteiger partial charge on any atom is 0.303 e. The van der Waals surface area contributed by atoms with Gasteiger partial charge in [-0.25, -0.2) is 0 Å². The Morgan fingerprint density at radius 2 is 1.86 bits per heavy atom. The molecule has 0 aromatic carbocycles. The Kier molecular flexibility index (Phi) is 12.5. The summed E-state index contributed by atoms with van der Waals surface area (Å²) < 4.78 is 0. The molecule has 0 heterocycles. The number of rotatable bonds is 6. The standard InChI is InChI=1S/C9H19NO2.CH3Cl/c1-7(8(2)10)5-3-4-6-9(11)12;1-2/h7-8H,3-6,10H2,1-2H3,(H,11,12);1H3. The fraction of sp³-hybridized carbons (Fsp3) is 0.900. The first-order valence-electron chi connectivity index (χ1n) is 4.89. The second kappa shape index (κ2) is 10.8. The molecule has 14 heavy (non-hydrogen) atoms. The Morgan fingerprint density at radius 1 is 1.36 bits per heavy atom. The highest BCUT2D eigenvalue weighted by Crippen LogP contribution is 2.11. The van der Waals surface area contributed by atoms with E-state index in [0.29, 0.717) is 5.92 Å². The third kappa shape index (κ3) is 11.7. The molecule has 86 valence electrons. The van der Waals surface area contributed by atoms with Crippen LogP contribution in [0.3, 0.4) is 0 Å². The fourth-order valence-corrected chi connectivity index (χ4v) is 1.01. The number of nitrogens with two attached hydrogens (primary N) is 1. The summed E-state index contributed by atoms with van der Waals surface area (Å²) in [7, 11) is 0. The molecule has 0 amide bonds. The number of carboxylic acids is 1. The molecule has 0 spiro atoms. The van der Waals surface area contributed by atoms with Crippen molar-refractivity contribution in [1.82, 2.24) is 0 Å². The zero-order valence-corrected chi connectivity index (χ0v) is 10.0. The van der Waals surface area contributed by atoms with Crippen molar-refractivity contribution < 1.29 is 9.90 Å². The van der Waals surface area contributed by atoms with Crippen molar-refractivity contribution in [2.75, 3.05) is 6.38 Å². The second-order valence-electron chi connectivity index (χ2n) is 3.48. The van der Waals surface area contributed by atoms with E-state index in [1.54, 1.807) is 0 Å². The number of carboxylic acid groups (broad SMARTS) is 1. The molecule has 3 nitrogen and oxygen atoms in total. The van der Waals surface area contributed by atoms with E-state index in [1.165, 1.54) is 6.38 Å². The fourth-order valence-electron chi connectivity index (χ4n) is 1.01. The molecule has 0 aromatic heterocycles. The number of carbonyl (C=O) groups is 1. The molecule has 3 N–H and O–H groups in total. The summed E-state index contributed by atoms with van der Waals surface area (Å²) in [6.07, 6.45) is 4.53. The Hall–Kier alpha value is -0.280. The largest absolute Gasteiger partial charge is 0.481 e. The zero-order chi connectivity index (χ0) is 11.6. The first kappa shape index (κ1) is 16.2. The van der Waals surface area contributed by atoms with Gasteiger partial charge in [0, 0.05) is 18.8 Å². The number of aliphatic carboxylic acids is 1. The molecule has 0 saturated heterocycles. The van der Waals surface area contributed by atoms with Gasteiger partial charge in [0.05, 0.1) is 0 Å². The van der Waals surface area contributed by atoms with E-state index in [0.717, 1.165) is 19.3 Å². The highest BCUT2D eigenvalue weighted by molar-refractivity contribution is 6.15. The van der Waals surface area contributed by atoms with Crippen molar-refractivity contribution in [3.8, 4) is 0 Å². The molecule has 2 unspecified atom stereocenters. The SMILES string of the molecule is CC(N)C(C)CCCCC(=O)O.CCl. The van der Waals surface area contributed by atoms with Crippen molar-refractivity contribution in [3.63, 3.8) is 0 Å². The van der Waals surface area contributed by atoms with E-state index in [1.807, 2.05) is 6.92 Å². The quantitative estimate of drug-likeness (QED) is 0.537. The van der Waals surface area contributed by atoms with Crippen LogP contribution in [0.5, 0.6) is 0 Å². The summed E-state index contributed by atoms with van der Waals surface area (Å²) >= 11 is 4.64. The van der Waals surface area contributed by atoms with Gasteiger partial charge in [0.25, 0.3) is 0 Å². The average Bonchev–Trinajstić information content (AvgIpc) is 2.15.